The molecule has 0 radical (unpaired) electrons. The van der Waals surface area contributed by atoms with Crippen molar-refractivity contribution in [2.45, 2.75) is 26.7 Å². The summed E-state index contributed by atoms with van der Waals surface area (Å²) in [6, 6.07) is 4.38. The van der Waals surface area contributed by atoms with Crippen LogP contribution >= 0.6 is 0 Å². The summed E-state index contributed by atoms with van der Waals surface area (Å²) in [5.41, 5.74) is 1.43. The van der Waals surface area contributed by atoms with Gasteiger partial charge in [0.05, 0.1) is 6.42 Å². The SMILES string of the molecule is CCC(=O)Cc1nc(-c2cc(F)ccc2C)no1. The van der Waals surface area contributed by atoms with Gasteiger partial charge in [0.25, 0.3) is 0 Å². The number of carbonyl (C=O) groups excluding carboxylic acids is 1. The zero-order valence-electron chi connectivity index (χ0n) is 10.2. The molecule has 18 heavy (non-hydrogen) atoms. The second-order valence-electron chi connectivity index (χ2n) is 4.04. The van der Waals surface area contributed by atoms with Crippen LogP contribution in [0.4, 0.5) is 4.39 Å². The van der Waals surface area contributed by atoms with E-state index in [1.807, 2.05) is 6.92 Å². The van der Waals surface area contributed by atoms with Crippen LogP contribution in [0.25, 0.3) is 11.4 Å². The van der Waals surface area contributed by atoms with Crippen LogP contribution in [-0.4, -0.2) is 15.9 Å². The zero-order chi connectivity index (χ0) is 13.1. The Labute approximate surface area is 104 Å². The number of hydrogen-bond acceptors (Lipinski definition) is 4. The molecule has 0 atom stereocenters. The second kappa shape index (κ2) is 5.08. The van der Waals surface area contributed by atoms with Crippen LogP contribution in [0.3, 0.4) is 0 Å². The van der Waals surface area contributed by atoms with Crippen molar-refractivity contribution in [2.75, 3.05) is 0 Å². The summed E-state index contributed by atoms with van der Waals surface area (Å²) in [6.07, 6.45) is 0.550. The average Bonchev–Trinajstić information content (AvgIpc) is 2.80. The molecule has 0 amide bonds. The number of rotatable bonds is 4. The molecular weight excluding hydrogens is 235 g/mol. The standard InChI is InChI=1S/C13H13FN2O2/c1-3-10(17)7-12-15-13(16-18-12)11-6-9(14)5-4-8(11)2/h4-6H,3,7H2,1-2H3. The Morgan fingerprint density at radius 2 is 2.22 bits per heavy atom. The molecule has 1 aromatic heterocycles. The zero-order valence-corrected chi connectivity index (χ0v) is 10.2. The van der Waals surface area contributed by atoms with Crippen LogP contribution in [0.15, 0.2) is 22.7 Å². The van der Waals surface area contributed by atoms with E-state index in [0.717, 1.165) is 5.56 Å². The van der Waals surface area contributed by atoms with E-state index in [-0.39, 0.29) is 23.9 Å². The molecule has 0 bridgehead atoms. The van der Waals surface area contributed by atoms with Gasteiger partial charge in [-0.25, -0.2) is 4.39 Å². The van der Waals surface area contributed by atoms with Gasteiger partial charge in [-0.15, -0.1) is 0 Å². The van der Waals surface area contributed by atoms with Crippen LogP contribution in [-0.2, 0) is 11.2 Å². The number of benzene rings is 1. The summed E-state index contributed by atoms with van der Waals surface area (Å²) in [6.45, 7) is 3.61. The monoisotopic (exact) mass is 248 g/mol. The summed E-state index contributed by atoms with van der Waals surface area (Å²) in [4.78, 5) is 15.4. The minimum Gasteiger partial charge on any atom is -0.339 e. The van der Waals surface area contributed by atoms with Gasteiger partial charge < -0.3 is 4.52 Å². The molecule has 0 fully saturated rings. The van der Waals surface area contributed by atoms with Crippen molar-refractivity contribution in [2.24, 2.45) is 0 Å². The minimum absolute atomic E-state index is 0.0289. The number of nitrogens with zero attached hydrogens (tertiary/aromatic N) is 2. The van der Waals surface area contributed by atoms with E-state index >= 15 is 0 Å². The first-order valence-corrected chi connectivity index (χ1v) is 5.71. The van der Waals surface area contributed by atoms with Crippen LogP contribution in [0.1, 0.15) is 24.8 Å². The fraction of sp³-hybridized carbons (Fsp3) is 0.308. The van der Waals surface area contributed by atoms with Crippen LogP contribution in [0.2, 0.25) is 0 Å². The van der Waals surface area contributed by atoms with Crippen molar-refractivity contribution in [1.29, 1.82) is 0 Å². The summed E-state index contributed by atoms with van der Waals surface area (Å²) in [5.74, 6) is 0.249. The number of aryl methyl sites for hydroxylation is 1. The molecule has 0 N–H and O–H groups in total. The molecule has 94 valence electrons. The molecule has 0 aliphatic rings. The molecule has 1 aromatic carbocycles. The molecule has 0 aliphatic carbocycles. The van der Waals surface area contributed by atoms with Crippen molar-refractivity contribution < 1.29 is 13.7 Å². The van der Waals surface area contributed by atoms with Crippen molar-refractivity contribution in [3.63, 3.8) is 0 Å². The third-order valence-electron chi connectivity index (χ3n) is 2.65. The average molecular weight is 248 g/mol. The van der Waals surface area contributed by atoms with Gasteiger partial charge in [-0.2, -0.15) is 4.98 Å². The topological polar surface area (TPSA) is 56.0 Å². The lowest BCUT2D eigenvalue weighted by atomic mass is 10.1. The molecule has 2 aromatic rings. The van der Waals surface area contributed by atoms with E-state index < -0.39 is 0 Å². The van der Waals surface area contributed by atoms with E-state index in [0.29, 0.717) is 17.8 Å². The fourth-order valence-corrected chi connectivity index (χ4v) is 1.56. The molecule has 4 nitrogen and oxygen atoms in total. The Hall–Kier alpha value is -2.04. The van der Waals surface area contributed by atoms with Crippen molar-refractivity contribution in [3.05, 3.63) is 35.5 Å². The number of carbonyl (C=O) groups is 1. The highest BCUT2D eigenvalue weighted by molar-refractivity contribution is 5.79. The maximum absolute atomic E-state index is 13.2. The predicted molar refractivity (Wildman–Crippen MR) is 63.4 cm³/mol. The van der Waals surface area contributed by atoms with E-state index in [1.54, 1.807) is 13.0 Å². The third-order valence-corrected chi connectivity index (χ3v) is 2.65. The Bertz CT molecular complexity index is 578. The van der Waals surface area contributed by atoms with Gasteiger partial charge in [0.2, 0.25) is 11.7 Å². The van der Waals surface area contributed by atoms with Crippen molar-refractivity contribution >= 4 is 5.78 Å². The van der Waals surface area contributed by atoms with Crippen molar-refractivity contribution in [1.82, 2.24) is 10.1 Å². The van der Waals surface area contributed by atoms with Crippen LogP contribution < -0.4 is 0 Å². The normalized spacial score (nSPS) is 10.6. The third kappa shape index (κ3) is 2.61. The summed E-state index contributed by atoms with van der Waals surface area (Å²) < 4.78 is 18.1. The Morgan fingerprint density at radius 1 is 1.44 bits per heavy atom. The number of halogens is 1. The molecule has 5 heteroatoms. The first-order chi connectivity index (χ1) is 8.60. The smallest absolute Gasteiger partial charge is 0.234 e. The maximum Gasteiger partial charge on any atom is 0.234 e. The van der Waals surface area contributed by atoms with Gasteiger partial charge in [0.1, 0.15) is 11.6 Å². The lowest BCUT2D eigenvalue weighted by molar-refractivity contribution is -0.118. The first kappa shape index (κ1) is 12.4. The second-order valence-corrected chi connectivity index (χ2v) is 4.04. The van der Waals surface area contributed by atoms with Crippen LogP contribution in [0, 0.1) is 12.7 Å². The highest BCUT2D eigenvalue weighted by atomic mass is 19.1. The van der Waals surface area contributed by atoms with E-state index in [4.69, 9.17) is 4.52 Å². The minimum atomic E-state index is -0.355. The summed E-state index contributed by atoms with van der Waals surface area (Å²) >= 11 is 0. The fourth-order valence-electron chi connectivity index (χ4n) is 1.56. The lowest BCUT2D eigenvalue weighted by Gasteiger charge is -1.99. The Kier molecular flexibility index (Phi) is 3.50. The van der Waals surface area contributed by atoms with E-state index in [1.165, 1.54) is 12.1 Å². The molecule has 0 saturated heterocycles. The Balaban J connectivity index is 2.29. The van der Waals surface area contributed by atoms with Crippen molar-refractivity contribution in [3.8, 4) is 11.4 Å². The molecule has 1 heterocycles. The summed E-state index contributed by atoms with van der Waals surface area (Å²) in [5, 5.41) is 3.77. The van der Waals surface area contributed by atoms with E-state index in [2.05, 4.69) is 10.1 Å². The highest BCUT2D eigenvalue weighted by Gasteiger charge is 2.13. The lowest BCUT2D eigenvalue weighted by Crippen LogP contribution is -2.00. The van der Waals surface area contributed by atoms with Crippen LogP contribution in [0.5, 0.6) is 0 Å². The highest BCUT2D eigenvalue weighted by Crippen LogP contribution is 2.21. The quantitative estimate of drug-likeness (QED) is 0.834. The van der Waals surface area contributed by atoms with Gasteiger partial charge in [0.15, 0.2) is 0 Å². The molecular formula is C13H13FN2O2. The summed E-state index contributed by atoms with van der Waals surface area (Å²) in [7, 11) is 0. The molecule has 2 rings (SSSR count). The van der Waals surface area contributed by atoms with Gasteiger partial charge in [-0.05, 0) is 24.6 Å². The number of Topliss-reactive ketones (excluding diaryl/α,β-unsaturated/α-hetero) is 1. The number of ketones is 1. The molecule has 0 unspecified atom stereocenters. The molecule has 0 aliphatic heterocycles. The first-order valence-electron chi connectivity index (χ1n) is 5.71. The Morgan fingerprint density at radius 3 is 2.94 bits per heavy atom. The van der Waals surface area contributed by atoms with Gasteiger partial charge in [0, 0.05) is 12.0 Å². The largest absolute Gasteiger partial charge is 0.339 e. The molecule has 0 spiro atoms. The number of hydrogen-bond donors (Lipinski definition) is 0. The van der Waals surface area contributed by atoms with E-state index in [9.17, 15) is 9.18 Å². The number of aromatic nitrogens is 2. The van der Waals surface area contributed by atoms with Gasteiger partial charge in [-0.1, -0.05) is 18.1 Å². The predicted octanol–water partition coefficient (Wildman–Crippen LogP) is 2.71. The molecule has 0 saturated carbocycles. The van der Waals surface area contributed by atoms with Gasteiger partial charge >= 0.3 is 0 Å². The maximum atomic E-state index is 13.2. The van der Waals surface area contributed by atoms with Gasteiger partial charge in [-0.3, -0.25) is 4.79 Å².